The summed E-state index contributed by atoms with van der Waals surface area (Å²) in [7, 11) is 3.62. The van der Waals surface area contributed by atoms with Gasteiger partial charge in [-0.1, -0.05) is 19.1 Å². The van der Waals surface area contributed by atoms with Crippen molar-refractivity contribution < 1.29 is 4.74 Å². The number of guanidine groups is 1. The van der Waals surface area contributed by atoms with Gasteiger partial charge in [0.05, 0.1) is 18.1 Å². The van der Waals surface area contributed by atoms with Gasteiger partial charge in [-0.25, -0.2) is 9.98 Å². The predicted molar refractivity (Wildman–Crippen MR) is 102 cm³/mol. The molecule has 0 amide bonds. The molecule has 0 aliphatic carbocycles. The first-order chi connectivity index (χ1) is 12.1. The summed E-state index contributed by atoms with van der Waals surface area (Å²) in [6, 6.07) is 14.0. The third kappa shape index (κ3) is 3.74. The van der Waals surface area contributed by atoms with Crippen molar-refractivity contribution in [2.75, 3.05) is 12.4 Å². The number of rotatable bonds is 5. The van der Waals surface area contributed by atoms with E-state index in [4.69, 9.17) is 10.5 Å². The summed E-state index contributed by atoms with van der Waals surface area (Å²) in [5, 5.41) is 3.11. The van der Waals surface area contributed by atoms with E-state index in [0.29, 0.717) is 12.5 Å². The maximum Gasteiger partial charge on any atom is 0.193 e. The Labute approximate surface area is 147 Å². The van der Waals surface area contributed by atoms with Gasteiger partial charge in [0.15, 0.2) is 5.96 Å². The van der Waals surface area contributed by atoms with E-state index in [-0.39, 0.29) is 0 Å². The van der Waals surface area contributed by atoms with Crippen LogP contribution in [0.25, 0.3) is 11.0 Å². The molecule has 0 radical (unpaired) electrons. The van der Waals surface area contributed by atoms with E-state index in [9.17, 15) is 0 Å². The van der Waals surface area contributed by atoms with Crippen LogP contribution in [0.15, 0.2) is 47.5 Å². The molecule has 25 heavy (non-hydrogen) atoms. The van der Waals surface area contributed by atoms with E-state index in [1.807, 2.05) is 41.9 Å². The van der Waals surface area contributed by atoms with Crippen LogP contribution < -0.4 is 15.8 Å². The second-order valence-corrected chi connectivity index (χ2v) is 5.82. The Kier molecular flexibility index (Phi) is 4.88. The number of methoxy groups -OCH3 is 1. The fraction of sp³-hybridized carbons (Fsp3) is 0.263. The number of anilines is 1. The maximum atomic E-state index is 6.00. The van der Waals surface area contributed by atoms with E-state index in [2.05, 4.69) is 34.3 Å². The van der Waals surface area contributed by atoms with Crippen LogP contribution in [0.2, 0.25) is 0 Å². The largest absolute Gasteiger partial charge is 0.497 e. The molecule has 6 nitrogen and oxygen atoms in total. The molecule has 0 bridgehead atoms. The number of aryl methyl sites for hydroxylation is 2. The smallest absolute Gasteiger partial charge is 0.193 e. The quantitative estimate of drug-likeness (QED) is 0.554. The highest BCUT2D eigenvalue weighted by atomic mass is 16.5. The summed E-state index contributed by atoms with van der Waals surface area (Å²) >= 11 is 0. The Balaban J connectivity index is 1.73. The van der Waals surface area contributed by atoms with Crippen LogP contribution in [-0.4, -0.2) is 22.6 Å². The molecule has 3 N–H and O–H groups in total. The van der Waals surface area contributed by atoms with Gasteiger partial charge in [-0.2, -0.15) is 0 Å². The second-order valence-electron chi connectivity index (χ2n) is 5.82. The molecule has 1 aromatic heterocycles. The fourth-order valence-corrected chi connectivity index (χ4v) is 2.66. The molecule has 3 aromatic rings. The van der Waals surface area contributed by atoms with Crippen molar-refractivity contribution in [3.05, 3.63) is 53.9 Å². The van der Waals surface area contributed by atoms with Crippen molar-refractivity contribution in [2.24, 2.45) is 17.8 Å². The lowest BCUT2D eigenvalue weighted by Gasteiger charge is -2.06. The molecule has 0 fully saturated rings. The topological polar surface area (TPSA) is 77.5 Å². The van der Waals surface area contributed by atoms with Gasteiger partial charge in [-0.05, 0) is 36.2 Å². The molecule has 1 heterocycles. The van der Waals surface area contributed by atoms with Crippen molar-refractivity contribution in [1.82, 2.24) is 9.55 Å². The number of imidazole rings is 1. The minimum absolute atomic E-state index is 0.369. The number of hydrogen-bond donors (Lipinski definition) is 2. The Hall–Kier alpha value is -3.02. The molecule has 0 saturated carbocycles. The lowest BCUT2D eigenvalue weighted by atomic mass is 10.1. The number of aromatic nitrogens is 2. The molecule has 130 valence electrons. The summed E-state index contributed by atoms with van der Waals surface area (Å²) in [5.41, 5.74) is 10.1. The number of nitrogens with two attached hydrogens (primary N) is 1. The highest BCUT2D eigenvalue weighted by Gasteiger charge is 2.08. The van der Waals surface area contributed by atoms with E-state index in [1.165, 1.54) is 5.56 Å². The average Bonchev–Trinajstić information content (AvgIpc) is 2.96. The van der Waals surface area contributed by atoms with E-state index < -0.39 is 0 Å². The maximum absolute atomic E-state index is 6.00. The molecule has 2 aromatic carbocycles. The predicted octanol–water partition coefficient (Wildman–Crippen LogP) is 3.07. The van der Waals surface area contributed by atoms with Crippen molar-refractivity contribution >= 4 is 22.7 Å². The number of aliphatic imine (C=N–C) groups is 1. The lowest BCUT2D eigenvalue weighted by molar-refractivity contribution is 0.415. The molecule has 0 unspecified atom stereocenters. The third-order valence-corrected chi connectivity index (χ3v) is 4.21. The van der Waals surface area contributed by atoms with Crippen LogP contribution in [0.5, 0.6) is 5.75 Å². The van der Waals surface area contributed by atoms with Gasteiger partial charge < -0.3 is 20.4 Å². The molecule has 6 heteroatoms. The summed E-state index contributed by atoms with van der Waals surface area (Å²) in [6.45, 7) is 2.53. The van der Waals surface area contributed by atoms with Gasteiger partial charge in [0, 0.05) is 18.8 Å². The molecule has 0 spiro atoms. The minimum atomic E-state index is 0.369. The Morgan fingerprint density at radius 2 is 2.00 bits per heavy atom. The van der Waals surface area contributed by atoms with Crippen molar-refractivity contribution in [3.63, 3.8) is 0 Å². The highest BCUT2D eigenvalue weighted by Crippen LogP contribution is 2.21. The highest BCUT2D eigenvalue weighted by molar-refractivity contribution is 5.92. The van der Waals surface area contributed by atoms with Crippen molar-refractivity contribution in [3.8, 4) is 5.75 Å². The van der Waals surface area contributed by atoms with Gasteiger partial charge in [0.1, 0.15) is 18.1 Å². The molecule has 3 rings (SSSR count). The van der Waals surface area contributed by atoms with E-state index >= 15 is 0 Å². The molecule has 0 saturated heterocycles. The Morgan fingerprint density at radius 3 is 2.68 bits per heavy atom. The van der Waals surface area contributed by atoms with Crippen LogP contribution in [0, 0.1) is 0 Å². The first-order valence-electron chi connectivity index (χ1n) is 8.26. The lowest BCUT2D eigenvalue weighted by Crippen LogP contribution is -2.22. The summed E-state index contributed by atoms with van der Waals surface area (Å²) in [5.74, 6) is 2.00. The normalized spacial score (nSPS) is 11.7. The minimum Gasteiger partial charge on any atom is -0.497 e. The summed E-state index contributed by atoms with van der Waals surface area (Å²) in [6.07, 6.45) is 1.02. The van der Waals surface area contributed by atoms with Gasteiger partial charge in [-0.3, -0.25) is 0 Å². The number of benzene rings is 2. The molecular weight excluding hydrogens is 314 g/mol. The van der Waals surface area contributed by atoms with Crippen LogP contribution >= 0.6 is 0 Å². The Morgan fingerprint density at radius 1 is 1.24 bits per heavy atom. The third-order valence-electron chi connectivity index (χ3n) is 4.21. The average molecular weight is 337 g/mol. The zero-order valence-electron chi connectivity index (χ0n) is 14.8. The standard InChI is InChI=1S/C19H23N5O/c1-4-13-5-7-14(8-6-13)22-19(20)21-12-18-23-16-11-15(25-3)9-10-17(16)24(18)2/h5-11H,4,12H2,1-3H3,(H3,20,21,22). The first kappa shape index (κ1) is 16.8. The second kappa shape index (κ2) is 7.25. The van der Waals surface area contributed by atoms with Gasteiger partial charge in [0.2, 0.25) is 0 Å². The Bertz CT molecular complexity index is 896. The number of nitrogens with one attached hydrogen (secondary N) is 1. The number of hydrogen-bond acceptors (Lipinski definition) is 3. The molecule has 0 aliphatic heterocycles. The van der Waals surface area contributed by atoms with Crippen LogP contribution in [-0.2, 0) is 20.0 Å². The number of fused-ring (bicyclic) bond motifs is 1. The first-order valence-corrected chi connectivity index (χ1v) is 8.26. The monoisotopic (exact) mass is 337 g/mol. The van der Waals surface area contributed by atoms with E-state index in [0.717, 1.165) is 34.7 Å². The van der Waals surface area contributed by atoms with Crippen LogP contribution in [0.3, 0.4) is 0 Å². The molecular formula is C19H23N5O. The summed E-state index contributed by atoms with van der Waals surface area (Å²) in [4.78, 5) is 9.01. The number of ether oxygens (including phenoxy) is 1. The number of nitrogens with zero attached hydrogens (tertiary/aromatic N) is 3. The summed E-state index contributed by atoms with van der Waals surface area (Å²) < 4.78 is 7.26. The molecule has 0 atom stereocenters. The van der Waals surface area contributed by atoms with E-state index in [1.54, 1.807) is 7.11 Å². The zero-order valence-corrected chi connectivity index (χ0v) is 14.8. The van der Waals surface area contributed by atoms with Gasteiger partial charge in [0.25, 0.3) is 0 Å². The van der Waals surface area contributed by atoms with Gasteiger partial charge in [-0.15, -0.1) is 0 Å². The zero-order chi connectivity index (χ0) is 17.8. The fourth-order valence-electron chi connectivity index (χ4n) is 2.66. The van der Waals surface area contributed by atoms with Crippen LogP contribution in [0.4, 0.5) is 5.69 Å². The van der Waals surface area contributed by atoms with Crippen molar-refractivity contribution in [2.45, 2.75) is 19.9 Å². The SMILES string of the molecule is CCc1ccc(NC(N)=NCc2nc3cc(OC)ccc3n2C)cc1. The molecule has 0 aliphatic rings. The van der Waals surface area contributed by atoms with Crippen molar-refractivity contribution in [1.29, 1.82) is 0 Å². The van der Waals surface area contributed by atoms with Gasteiger partial charge >= 0.3 is 0 Å². The van der Waals surface area contributed by atoms with Crippen LogP contribution in [0.1, 0.15) is 18.3 Å².